The van der Waals surface area contributed by atoms with E-state index in [2.05, 4.69) is 4.90 Å². The third-order valence-corrected chi connectivity index (χ3v) is 6.75. The third-order valence-electron chi connectivity index (χ3n) is 6.75. The van der Waals surface area contributed by atoms with E-state index in [9.17, 15) is 24.8 Å². The van der Waals surface area contributed by atoms with Crippen molar-refractivity contribution in [2.24, 2.45) is 0 Å². The van der Waals surface area contributed by atoms with Crippen molar-refractivity contribution in [3.63, 3.8) is 0 Å². The van der Waals surface area contributed by atoms with Gasteiger partial charge >= 0.3 is 0 Å². The number of nitro benzene ring substituents is 1. The Kier molecular flexibility index (Phi) is 7.06. The monoisotopic (exact) mass is 509 g/mol. The fraction of sp³-hybridized carbons (Fsp3) is 0.385. The Labute approximate surface area is 213 Å². The number of carbonyl (C=O) groups excluding carboxylic acids is 2. The number of morpholine rings is 1. The van der Waals surface area contributed by atoms with Crippen molar-refractivity contribution >= 4 is 23.1 Å². The molecule has 37 heavy (non-hydrogen) atoms. The second-order valence-corrected chi connectivity index (χ2v) is 9.01. The molecule has 5 rings (SSSR count). The lowest BCUT2D eigenvalue weighted by molar-refractivity contribution is -0.384. The van der Waals surface area contributed by atoms with Gasteiger partial charge in [0.05, 0.1) is 29.8 Å². The lowest BCUT2D eigenvalue weighted by atomic mass is 9.95. The highest BCUT2D eigenvalue weighted by molar-refractivity contribution is 6.46. The summed E-state index contributed by atoms with van der Waals surface area (Å²) in [5.74, 6) is -0.902. The number of ketones is 1. The molecular weight excluding hydrogens is 482 g/mol. The molecule has 11 nitrogen and oxygen atoms in total. The molecule has 1 amide bonds. The molecule has 1 N–H and O–H groups in total. The molecule has 2 aromatic carbocycles. The van der Waals surface area contributed by atoms with Crippen molar-refractivity contribution in [2.75, 3.05) is 52.6 Å². The van der Waals surface area contributed by atoms with Crippen molar-refractivity contribution in [1.82, 2.24) is 9.80 Å². The second-order valence-electron chi connectivity index (χ2n) is 9.01. The maximum atomic E-state index is 13.2. The zero-order chi connectivity index (χ0) is 25.9. The minimum Gasteiger partial charge on any atom is -0.507 e. The van der Waals surface area contributed by atoms with E-state index in [1.54, 1.807) is 18.2 Å². The van der Waals surface area contributed by atoms with Gasteiger partial charge in [-0.05, 0) is 42.3 Å². The van der Waals surface area contributed by atoms with E-state index in [0.29, 0.717) is 55.5 Å². The number of carbonyl (C=O) groups is 2. The molecule has 0 aromatic heterocycles. The molecule has 2 saturated heterocycles. The number of ether oxygens (including phenoxy) is 3. The molecule has 0 radical (unpaired) electrons. The van der Waals surface area contributed by atoms with Crippen LogP contribution in [0.5, 0.6) is 11.5 Å². The van der Waals surface area contributed by atoms with Crippen LogP contribution >= 0.6 is 0 Å². The summed E-state index contributed by atoms with van der Waals surface area (Å²) in [5, 5.41) is 22.5. The smallest absolute Gasteiger partial charge is 0.295 e. The Morgan fingerprint density at radius 2 is 1.68 bits per heavy atom. The van der Waals surface area contributed by atoms with Crippen LogP contribution in [0.3, 0.4) is 0 Å². The number of nitro groups is 1. The van der Waals surface area contributed by atoms with Crippen LogP contribution in [-0.4, -0.2) is 84.1 Å². The van der Waals surface area contributed by atoms with Gasteiger partial charge in [-0.25, -0.2) is 0 Å². The fourth-order valence-corrected chi connectivity index (χ4v) is 4.87. The van der Waals surface area contributed by atoms with Crippen LogP contribution in [0.15, 0.2) is 48.0 Å². The summed E-state index contributed by atoms with van der Waals surface area (Å²) in [5.41, 5.74) is 0.625. The maximum absolute atomic E-state index is 13.2. The first-order valence-corrected chi connectivity index (χ1v) is 12.2. The number of fused-ring (bicyclic) bond motifs is 1. The fourth-order valence-electron chi connectivity index (χ4n) is 4.87. The minimum atomic E-state index is -0.890. The van der Waals surface area contributed by atoms with Gasteiger partial charge in [0.1, 0.15) is 19.0 Å². The standard InChI is InChI=1S/C26H27N3O8/c30-24(18-4-7-20-21(16-18)37-15-14-36-20)22-23(17-2-5-19(6-3-17)29(33)34)28(26(32)25(22)31)9-1-8-27-10-12-35-13-11-27/h2-7,16,23,30H,1,8-15H2/b24-22+/t23-/m0/s1. The Hall–Kier alpha value is -3.96. The van der Waals surface area contributed by atoms with Gasteiger partial charge in [-0.2, -0.15) is 0 Å². The molecule has 0 spiro atoms. The van der Waals surface area contributed by atoms with Gasteiger partial charge in [0.25, 0.3) is 17.4 Å². The number of amides is 1. The number of likely N-dealkylation sites (tertiary alicyclic amines) is 1. The van der Waals surface area contributed by atoms with Crippen molar-refractivity contribution in [3.05, 3.63) is 69.3 Å². The van der Waals surface area contributed by atoms with Gasteiger partial charge < -0.3 is 24.2 Å². The highest BCUT2D eigenvalue weighted by Gasteiger charge is 2.46. The van der Waals surface area contributed by atoms with E-state index in [1.807, 2.05) is 0 Å². The molecule has 0 aliphatic carbocycles. The van der Waals surface area contributed by atoms with Crippen LogP contribution in [0, 0.1) is 10.1 Å². The summed E-state index contributed by atoms with van der Waals surface area (Å²) < 4.78 is 16.5. The number of aliphatic hydroxyl groups is 1. The molecule has 3 aliphatic rings. The molecule has 0 saturated carbocycles. The van der Waals surface area contributed by atoms with Crippen molar-refractivity contribution in [2.45, 2.75) is 12.5 Å². The molecule has 194 valence electrons. The SMILES string of the molecule is O=C1C(=O)N(CCCN2CCOCC2)[C@@H](c2ccc([N+](=O)[O-])cc2)/C1=C(\O)c1ccc2c(c1)OCCO2. The molecule has 1 atom stereocenters. The first-order valence-electron chi connectivity index (χ1n) is 12.2. The minimum absolute atomic E-state index is 0.0677. The molecule has 3 aliphatic heterocycles. The van der Waals surface area contributed by atoms with Crippen LogP contribution in [0.4, 0.5) is 5.69 Å². The Balaban J connectivity index is 1.49. The van der Waals surface area contributed by atoms with Crippen LogP contribution < -0.4 is 9.47 Å². The number of rotatable bonds is 7. The maximum Gasteiger partial charge on any atom is 0.295 e. The van der Waals surface area contributed by atoms with Gasteiger partial charge in [-0.1, -0.05) is 0 Å². The number of Topliss-reactive ketones (excluding diaryl/α,β-unsaturated/α-hetero) is 1. The molecule has 2 fully saturated rings. The normalized spacial score (nSPS) is 21.3. The van der Waals surface area contributed by atoms with Crippen LogP contribution in [0.2, 0.25) is 0 Å². The Morgan fingerprint density at radius 3 is 2.38 bits per heavy atom. The second kappa shape index (κ2) is 10.6. The van der Waals surface area contributed by atoms with Crippen LogP contribution in [0.1, 0.15) is 23.6 Å². The van der Waals surface area contributed by atoms with E-state index in [0.717, 1.165) is 19.6 Å². The third kappa shape index (κ3) is 5.00. The summed E-state index contributed by atoms with van der Waals surface area (Å²) >= 11 is 0. The lowest BCUT2D eigenvalue weighted by Crippen LogP contribution is -2.38. The summed E-state index contributed by atoms with van der Waals surface area (Å²) in [4.78, 5) is 40.7. The number of hydrogen-bond donors (Lipinski definition) is 1. The molecule has 11 heteroatoms. The number of non-ortho nitro benzene ring substituents is 1. The van der Waals surface area contributed by atoms with E-state index < -0.39 is 22.7 Å². The summed E-state index contributed by atoms with van der Waals surface area (Å²) in [6.45, 7) is 4.68. The zero-order valence-electron chi connectivity index (χ0n) is 20.1. The highest BCUT2D eigenvalue weighted by atomic mass is 16.6. The van der Waals surface area contributed by atoms with Gasteiger partial charge in [0.2, 0.25) is 0 Å². The molecule has 0 unspecified atom stereocenters. The van der Waals surface area contributed by atoms with Crippen molar-refractivity contribution in [1.29, 1.82) is 0 Å². The average molecular weight is 510 g/mol. The summed E-state index contributed by atoms with van der Waals surface area (Å²) in [6, 6.07) is 9.60. The number of nitrogens with zero attached hydrogens (tertiary/aromatic N) is 3. The van der Waals surface area contributed by atoms with Gasteiger partial charge in [0, 0.05) is 43.9 Å². The highest BCUT2D eigenvalue weighted by Crippen LogP contribution is 2.41. The van der Waals surface area contributed by atoms with Crippen LogP contribution in [0.25, 0.3) is 5.76 Å². The van der Waals surface area contributed by atoms with Gasteiger partial charge in [-0.3, -0.25) is 24.6 Å². The Bertz CT molecular complexity index is 1240. The summed E-state index contributed by atoms with van der Waals surface area (Å²) in [6.07, 6.45) is 0.612. The predicted octanol–water partition coefficient (Wildman–Crippen LogP) is 2.51. The number of benzene rings is 2. The lowest BCUT2D eigenvalue weighted by Gasteiger charge is -2.29. The molecular formula is C26H27N3O8. The first kappa shape index (κ1) is 24.7. The summed E-state index contributed by atoms with van der Waals surface area (Å²) in [7, 11) is 0. The van der Waals surface area contributed by atoms with E-state index in [4.69, 9.17) is 14.2 Å². The van der Waals surface area contributed by atoms with Crippen LogP contribution in [-0.2, 0) is 14.3 Å². The zero-order valence-corrected chi connectivity index (χ0v) is 20.1. The van der Waals surface area contributed by atoms with E-state index in [1.165, 1.54) is 29.2 Å². The van der Waals surface area contributed by atoms with Gasteiger partial charge in [-0.15, -0.1) is 0 Å². The number of hydrogen-bond acceptors (Lipinski definition) is 9. The van der Waals surface area contributed by atoms with Crippen molar-refractivity contribution in [3.8, 4) is 11.5 Å². The van der Waals surface area contributed by atoms with E-state index in [-0.39, 0.29) is 23.6 Å². The average Bonchev–Trinajstić information content (AvgIpc) is 3.18. The molecule has 3 heterocycles. The predicted molar refractivity (Wildman–Crippen MR) is 131 cm³/mol. The molecule has 2 aromatic rings. The van der Waals surface area contributed by atoms with Gasteiger partial charge in [0.15, 0.2) is 11.5 Å². The van der Waals surface area contributed by atoms with Crippen molar-refractivity contribution < 1.29 is 33.8 Å². The topological polar surface area (TPSA) is 132 Å². The first-order chi connectivity index (χ1) is 17.9. The number of aliphatic hydroxyl groups excluding tert-OH is 1. The van der Waals surface area contributed by atoms with E-state index >= 15 is 0 Å². The molecule has 0 bridgehead atoms. The Morgan fingerprint density at radius 1 is 0.973 bits per heavy atom. The largest absolute Gasteiger partial charge is 0.507 e. The quantitative estimate of drug-likeness (QED) is 0.197.